The van der Waals surface area contributed by atoms with Crippen LogP contribution in [-0.2, 0) is 23.7 Å². The molecule has 8 rings (SSSR count). The molecular formula is C40H51N3O8. The highest BCUT2D eigenvalue weighted by atomic mass is 16.5. The molecule has 1 heterocycles. The largest absolute Gasteiger partial charge is 0.461 e. The molecule has 2 aromatic carbocycles. The molecule has 11 heteroatoms. The fraction of sp³-hybridized carbons (Fsp3) is 0.625. The highest BCUT2D eigenvalue weighted by molar-refractivity contribution is 6.12. The maximum atomic E-state index is 14.0. The third-order valence-electron chi connectivity index (χ3n) is 14.3. The molecule has 2 amide bonds. The first-order chi connectivity index (χ1) is 24.6. The van der Waals surface area contributed by atoms with E-state index in [1.165, 1.54) is 6.92 Å². The first-order valence-electron chi connectivity index (χ1n) is 18.6. The van der Waals surface area contributed by atoms with E-state index in [1.807, 2.05) is 7.11 Å². The third kappa shape index (κ3) is 4.84. The van der Waals surface area contributed by atoms with Gasteiger partial charge in [-0.25, -0.2) is 4.79 Å². The Labute approximate surface area is 299 Å². The van der Waals surface area contributed by atoms with Crippen molar-refractivity contribution in [3.8, 4) is 0 Å². The number of nitrogens with zero attached hydrogens (tertiary/aromatic N) is 1. The number of amides is 2. The van der Waals surface area contributed by atoms with Crippen molar-refractivity contribution < 1.29 is 38.4 Å². The van der Waals surface area contributed by atoms with Gasteiger partial charge >= 0.3 is 5.97 Å². The molecule has 2 aromatic rings. The minimum atomic E-state index is -0.916. The van der Waals surface area contributed by atoms with Crippen LogP contribution in [0.5, 0.6) is 0 Å². The summed E-state index contributed by atoms with van der Waals surface area (Å²) in [5, 5.41) is 18.5. The average Bonchev–Trinajstić information content (AvgIpc) is 3.60. The molecule has 6 aliphatic rings. The number of rotatable bonds is 10. The lowest BCUT2D eigenvalue weighted by Crippen LogP contribution is -2.76. The van der Waals surface area contributed by atoms with Crippen molar-refractivity contribution in [2.45, 2.75) is 75.9 Å². The normalized spacial score (nSPS) is 40.1. The maximum Gasteiger partial charge on any atom is 0.340 e. The number of esters is 1. The van der Waals surface area contributed by atoms with E-state index in [1.54, 1.807) is 62.8 Å². The molecule has 12 atom stereocenters. The SMILES string of the molecule is CCN1C[C@]2(COC(=O)c3ccccc3NC(=O)c3ccccc3NC(C)=O)CC[C@H](OC)[C@]34C1[C@H](C[C@H]23)[C@@]1(O)C[C@H](OC)[C@@H]2C[C@@H]4[C@@H]1[C@H]2OC. The monoisotopic (exact) mass is 701 g/mol. The zero-order valence-electron chi connectivity index (χ0n) is 30.2. The van der Waals surface area contributed by atoms with Gasteiger partial charge in [0, 0.05) is 75.8 Å². The molecule has 7 bridgehead atoms. The lowest BCUT2D eigenvalue weighted by molar-refractivity contribution is -0.277. The summed E-state index contributed by atoms with van der Waals surface area (Å²) < 4.78 is 25.2. The van der Waals surface area contributed by atoms with Crippen LogP contribution in [0.4, 0.5) is 11.4 Å². The van der Waals surface area contributed by atoms with Crippen molar-refractivity contribution in [3.63, 3.8) is 0 Å². The van der Waals surface area contributed by atoms with E-state index in [4.69, 9.17) is 18.9 Å². The number of likely N-dealkylation sites (tertiary alicyclic amines) is 1. The van der Waals surface area contributed by atoms with E-state index in [-0.39, 0.29) is 88.4 Å². The van der Waals surface area contributed by atoms with Crippen LogP contribution < -0.4 is 10.6 Å². The molecule has 0 aromatic heterocycles. The number of methoxy groups -OCH3 is 3. The molecular weight excluding hydrogens is 650 g/mol. The Morgan fingerprint density at radius 1 is 0.922 bits per heavy atom. The smallest absolute Gasteiger partial charge is 0.340 e. The molecule has 0 radical (unpaired) electrons. The Kier molecular flexibility index (Phi) is 8.61. The number of fused-ring (bicyclic) bond motifs is 2. The van der Waals surface area contributed by atoms with Crippen LogP contribution in [0.3, 0.4) is 0 Å². The van der Waals surface area contributed by atoms with Crippen molar-refractivity contribution >= 4 is 29.2 Å². The second-order valence-electron chi connectivity index (χ2n) is 16.0. The fourth-order valence-corrected chi connectivity index (χ4v) is 12.9. The second kappa shape index (κ2) is 12.7. The van der Waals surface area contributed by atoms with E-state index in [0.29, 0.717) is 17.8 Å². The maximum absolute atomic E-state index is 14.0. The fourth-order valence-electron chi connectivity index (χ4n) is 12.9. The van der Waals surface area contributed by atoms with Gasteiger partial charge in [-0.05, 0) is 68.3 Å². The summed E-state index contributed by atoms with van der Waals surface area (Å²) in [7, 11) is 5.40. The number of hydrogen-bond donors (Lipinski definition) is 3. The van der Waals surface area contributed by atoms with Gasteiger partial charge in [-0.3, -0.25) is 14.5 Å². The van der Waals surface area contributed by atoms with Crippen molar-refractivity contribution in [1.82, 2.24) is 4.90 Å². The van der Waals surface area contributed by atoms with Gasteiger partial charge in [0.1, 0.15) is 0 Å². The van der Waals surface area contributed by atoms with Crippen molar-refractivity contribution in [2.24, 2.45) is 40.4 Å². The third-order valence-corrected chi connectivity index (χ3v) is 14.3. The van der Waals surface area contributed by atoms with Crippen LogP contribution in [0.1, 0.15) is 66.7 Å². The number of carbonyl (C=O) groups excluding carboxylic acids is 3. The molecule has 11 nitrogen and oxygen atoms in total. The summed E-state index contributed by atoms with van der Waals surface area (Å²) in [6.07, 6.45) is 4.01. The van der Waals surface area contributed by atoms with Gasteiger partial charge < -0.3 is 34.7 Å². The van der Waals surface area contributed by atoms with Crippen LogP contribution in [-0.4, -0.2) is 98.8 Å². The zero-order valence-corrected chi connectivity index (χ0v) is 30.2. The number of benzene rings is 2. The first kappa shape index (κ1) is 34.7. The summed E-state index contributed by atoms with van der Waals surface area (Å²) >= 11 is 0. The Hall–Kier alpha value is -3.35. The minimum absolute atomic E-state index is 0.00391. The molecule has 5 aliphatic carbocycles. The molecule has 51 heavy (non-hydrogen) atoms. The lowest BCUT2D eigenvalue weighted by atomic mass is 9.43. The highest BCUT2D eigenvalue weighted by Crippen LogP contribution is 2.79. The molecule has 1 aliphatic heterocycles. The zero-order chi connectivity index (χ0) is 35.9. The number of nitrogens with one attached hydrogen (secondary N) is 2. The van der Waals surface area contributed by atoms with Gasteiger partial charge in [0.25, 0.3) is 5.91 Å². The van der Waals surface area contributed by atoms with Crippen molar-refractivity contribution in [2.75, 3.05) is 51.7 Å². The number of hydrogen-bond acceptors (Lipinski definition) is 9. The van der Waals surface area contributed by atoms with E-state index in [9.17, 15) is 19.5 Å². The van der Waals surface area contributed by atoms with Crippen LogP contribution in [0.2, 0.25) is 0 Å². The number of aliphatic hydroxyl groups is 1. The van der Waals surface area contributed by atoms with Crippen LogP contribution >= 0.6 is 0 Å². The van der Waals surface area contributed by atoms with Gasteiger partial charge in [0.05, 0.1) is 53.0 Å². The number of ether oxygens (including phenoxy) is 4. The number of carbonyl (C=O) groups is 3. The van der Waals surface area contributed by atoms with Crippen molar-refractivity contribution in [1.29, 1.82) is 0 Å². The van der Waals surface area contributed by atoms with E-state index >= 15 is 0 Å². The van der Waals surface area contributed by atoms with Gasteiger partial charge in [-0.2, -0.15) is 0 Å². The highest BCUT2D eigenvalue weighted by Gasteiger charge is 2.84. The van der Waals surface area contributed by atoms with Gasteiger partial charge in [0.15, 0.2) is 0 Å². The van der Waals surface area contributed by atoms with Crippen LogP contribution in [0.25, 0.3) is 0 Å². The standard InChI is InChI=1S/C40H51N3O8/c1-6-43-20-38(21-51-37(46)24-12-8-10-14-29(24)42-36(45)23-11-7-9-13-28(23)41-22(2)44)16-15-32(49-4)40-26-17-25-30(48-3)19-39(47,33(26)34(25)50-5)27(35(40)43)18-31(38)40/h7-14,25-27,30-35,47H,6,15-21H2,1-5H3,(H,41,44)(H,42,45)/t25-,26+,27-,30-,31+,32-,33+,34-,35?,38-,39-,40+/m0/s1. The second-order valence-corrected chi connectivity index (χ2v) is 16.0. The number of anilines is 2. The van der Waals surface area contributed by atoms with Gasteiger partial charge in [-0.1, -0.05) is 31.2 Å². The van der Waals surface area contributed by atoms with Gasteiger partial charge in [-0.15, -0.1) is 0 Å². The van der Waals surface area contributed by atoms with E-state index in [0.717, 1.165) is 38.8 Å². The molecule has 1 unspecified atom stereocenters. The van der Waals surface area contributed by atoms with E-state index in [2.05, 4.69) is 22.5 Å². The molecule has 3 N–H and O–H groups in total. The van der Waals surface area contributed by atoms with Crippen LogP contribution in [0.15, 0.2) is 48.5 Å². The summed E-state index contributed by atoms with van der Waals surface area (Å²) in [5.41, 5.74) is -0.178. The Morgan fingerprint density at radius 2 is 1.63 bits per heavy atom. The summed E-state index contributed by atoms with van der Waals surface area (Å²) in [6.45, 7) is 5.45. The Balaban J connectivity index is 1.10. The molecule has 5 saturated carbocycles. The van der Waals surface area contributed by atoms with E-state index < -0.39 is 17.5 Å². The first-order valence-corrected chi connectivity index (χ1v) is 18.6. The quantitative estimate of drug-likeness (QED) is 0.304. The minimum Gasteiger partial charge on any atom is -0.461 e. The van der Waals surface area contributed by atoms with Crippen LogP contribution in [0, 0.1) is 40.4 Å². The molecule has 6 fully saturated rings. The lowest BCUT2D eigenvalue weighted by Gasteiger charge is -2.69. The number of piperidine rings is 1. The van der Waals surface area contributed by atoms with Gasteiger partial charge in [0.2, 0.25) is 5.91 Å². The molecule has 1 spiro atoms. The average molecular weight is 702 g/mol. The summed E-state index contributed by atoms with van der Waals surface area (Å²) in [5.74, 6) is -0.594. The molecule has 274 valence electrons. The topological polar surface area (TPSA) is 136 Å². The summed E-state index contributed by atoms with van der Waals surface area (Å²) in [4.78, 5) is 41.8. The summed E-state index contributed by atoms with van der Waals surface area (Å²) in [6, 6.07) is 13.8. The predicted molar refractivity (Wildman–Crippen MR) is 189 cm³/mol. The number of para-hydroxylation sites is 2. The van der Waals surface area contributed by atoms with Crippen molar-refractivity contribution in [3.05, 3.63) is 59.7 Å². The predicted octanol–water partition coefficient (Wildman–Crippen LogP) is 4.61. The Morgan fingerprint density at radius 3 is 2.29 bits per heavy atom. The Bertz CT molecular complexity index is 1720. The molecule has 1 saturated heterocycles.